The van der Waals surface area contributed by atoms with Crippen molar-refractivity contribution < 1.29 is 0 Å². The molecular formula is C16H37Cl2N5. The number of guanidine groups is 2. The highest BCUT2D eigenvalue weighted by Gasteiger charge is 1.95. The van der Waals surface area contributed by atoms with Gasteiger partial charge in [-0.1, -0.05) is 64.7 Å². The molecule has 0 aromatic carbocycles. The van der Waals surface area contributed by atoms with Gasteiger partial charge >= 0.3 is 0 Å². The largest absolute Gasteiger partial charge is 0.370 e. The van der Waals surface area contributed by atoms with Crippen LogP contribution in [0.25, 0.3) is 0 Å². The van der Waals surface area contributed by atoms with Gasteiger partial charge in [0, 0.05) is 13.1 Å². The molecule has 0 bridgehead atoms. The van der Waals surface area contributed by atoms with Crippen LogP contribution < -0.4 is 16.8 Å². The molecule has 0 fully saturated rings. The summed E-state index contributed by atoms with van der Waals surface area (Å²) in [4.78, 5) is 8.23. The summed E-state index contributed by atoms with van der Waals surface area (Å²) in [6.45, 7) is 5.58. The summed E-state index contributed by atoms with van der Waals surface area (Å²) in [5, 5.41) is 2.77. The highest BCUT2D eigenvalue weighted by atomic mass is 35.5. The van der Waals surface area contributed by atoms with Gasteiger partial charge < -0.3 is 11.5 Å². The normalized spacial score (nSPS) is 11.6. The zero-order valence-electron chi connectivity index (χ0n) is 14.9. The van der Waals surface area contributed by atoms with Crippen LogP contribution in [0.5, 0.6) is 0 Å². The maximum atomic E-state index is 5.70. The average Bonchev–Trinajstić information content (AvgIpc) is 2.45. The average molecular weight is 370 g/mol. The van der Waals surface area contributed by atoms with E-state index in [1.54, 1.807) is 0 Å². The number of nitrogens with one attached hydrogen (secondary N) is 1. The van der Waals surface area contributed by atoms with Gasteiger partial charge in [0.25, 0.3) is 0 Å². The smallest absolute Gasteiger partial charge is 0.195 e. The summed E-state index contributed by atoms with van der Waals surface area (Å²) < 4.78 is 0. The lowest BCUT2D eigenvalue weighted by atomic mass is 10.1. The van der Waals surface area contributed by atoms with Crippen LogP contribution in [-0.4, -0.2) is 25.0 Å². The van der Waals surface area contributed by atoms with Crippen LogP contribution in [-0.2, 0) is 0 Å². The third-order valence-corrected chi connectivity index (χ3v) is 3.38. The second-order valence-electron chi connectivity index (χ2n) is 5.43. The first-order valence-corrected chi connectivity index (χ1v) is 8.57. The molecule has 0 unspecified atom stereocenters. The van der Waals surface area contributed by atoms with Gasteiger partial charge in [0.05, 0.1) is 0 Å². The predicted molar refractivity (Wildman–Crippen MR) is 108 cm³/mol. The number of nitrogens with two attached hydrogens (primary N) is 2. The minimum atomic E-state index is 0. The van der Waals surface area contributed by atoms with Crippen molar-refractivity contribution in [2.45, 2.75) is 78.1 Å². The number of unbranched alkanes of at least 4 members (excludes halogenated alkanes) is 9. The van der Waals surface area contributed by atoms with Crippen molar-refractivity contribution in [2.24, 2.45) is 21.5 Å². The Kier molecular flexibility index (Phi) is 25.2. The van der Waals surface area contributed by atoms with Gasteiger partial charge in [-0.2, -0.15) is 0 Å². The minimum absolute atomic E-state index is 0. The summed E-state index contributed by atoms with van der Waals surface area (Å²) in [5.74, 6) is 0.697. The standard InChI is InChI=1S/C16H35N5.2ClH/c1-3-5-6-7-8-9-10-11-12-13-14-20-16(18)21-15(17)19-4-2;;/h3-14H2,1-2H3,(H5,17,18,19,20,21);2*1H. The fourth-order valence-electron chi connectivity index (χ4n) is 2.18. The SMILES string of the molecule is CCCCCCCCCCCCN=C(N)NC(N)=NCC.Cl.Cl. The molecule has 0 aliphatic rings. The Morgan fingerprint density at radius 2 is 1.13 bits per heavy atom. The Hall–Kier alpha value is -0.680. The first kappa shape index (κ1) is 27.2. The first-order valence-electron chi connectivity index (χ1n) is 8.57. The van der Waals surface area contributed by atoms with Crippen LogP contribution in [0.4, 0.5) is 0 Å². The summed E-state index contributed by atoms with van der Waals surface area (Å²) in [7, 11) is 0. The Balaban J connectivity index is -0.00000200. The van der Waals surface area contributed by atoms with E-state index in [1.807, 2.05) is 6.92 Å². The number of hydrogen-bond acceptors (Lipinski definition) is 2. The van der Waals surface area contributed by atoms with Crippen LogP contribution in [0.1, 0.15) is 78.1 Å². The van der Waals surface area contributed by atoms with E-state index in [-0.39, 0.29) is 24.8 Å². The van der Waals surface area contributed by atoms with E-state index in [0.29, 0.717) is 18.5 Å². The summed E-state index contributed by atoms with van der Waals surface area (Å²) in [6, 6.07) is 0. The second kappa shape index (κ2) is 21.3. The lowest BCUT2D eigenvalue weighted by molar-refractivity contribution is 0.558. The molecule has 0 amide bonds. The molecule has 0 atom stereocenters. The van der Waals surface area contributed by atoms with Crippen molar-refractivity contribution in [3.05, 3.63) is 0 Å². The second-order valence-corrected chi connectivity index (χ2v) is 5.43. The molecule has 140 valence electrons. The fraction of sp³-hybridized carbons (Fsp3) is 0.875. The van der Waals surface area contributed by atoms with E-state index in [0.717, 1.165) is 13.0 Å². The molecule has 0 saturated carbocycles. The molecule has 0 aliphatic heterocycles. The van der Waals surface area contributed by atoms with Gasteiger partial charge in [-0.25, -0.2) is 0 Å². The van der Waals surface area contributed by atoms with E-state index >= 15 is 0 Å². The predicted octanol–water partition coefficient (Wildman–Crippen LogP) is 3.99. The lowest BCUT2D eigenvalue weighted by Gasteiger charge is -2.04. The maximum Gasteiger partial charge on any atom is 0.195 e. The van der Waals surface area contributed by atoms with Crippen molar-refractivity contribution >= 4 is 36.7 Å². The van der Waals surface area contributed by atoms with Crippen LogP contribution in [0.15, 0.2) is 9.98 Å². The summed E-state index contributed by atoms with van der Waals surface area (Å²) >= 11 is 0. The van der Waals surface area contributed by atoms with Gasteiger partial charge in [-0.05, 0) is 13.3 Å². The van der Waals surface area contributed by atoms with Gasteiger partial charge in [0.2, 0.25) is 0 Å². The molecule has 0 heterocycles. The molecule has 0 spiro atoms. The van der Waals surface area contributed by atoms with E-state index in [1.165, 1.54) is 57.8 Å². The van der Waals surface area contributed by atoms with Gasteiger partial charge in [-0.3, -0.25) is 15.3 Å². The highest BCUT2D eigenvalue weighted by molar-refractivity contribution is 5.96. The molecule has 0 aromatic heterocycles. The van der Waals surface area contributed by atoms with Crippen molar-refractivity contribution in [3.63, 3.8) is 0 Å². The zero-order chi connectivity index (χ0) is 15.8. The summed E-state index contributed by atoms with van der Waals surface area (Å²) in [6.07, 6.45) is 13.3. The number of halogens is 2. The van der Waals surface area contributed by atoms with E-state index in [4.69, 9.17) is 11.5 Å². The molecule has 0 saturated heterocycles. The molecule has 5 nitrogen and oxygen atoms in total. The molecule has 0 rings (SSSR count). The molecule has 23 heavy (non-hydrogen) atoms. The van der Waals surface area contributed by atoms with Crippen LogP contribution in [0.3, 0.4) is 0 Å². The van der Waals surface area contributed by atoms with E-state index in [2.05, 4.69) is 22.2 Å². The Morgan fingerprint density at radius 1 is 0.696 bits per heavy atom. The van der Waals surface area contributed by atoms with Gasteiger partial charge in [0.1, 0.15) is 0 Å². The molecule has 0 aliphatic carbocycles. The van der Waals surface area contributed by atoms with Crippen LogP contribution >= 0.6 is 24.8 Å². The topological polar surface area (TPSA) is 88.8 Å². The van der Waals surface area contributed by atoms with Crippen molar-refractivity contribution in [3.8, 4) is 0 Å². The summed E-state index contributed by atoms with van der Waals surface area (Å²) in [5.41, 5.74) is 11.3. The molecule has 5 N–H and O–H groups in total. The Morgan fingerprint density at radius 3 is 1.61 bits per heavy atom. The quantitative estimate of drug-likeness (QED) is 0.276. The molecule has 7 heteroatoms. The fourth-order valence-corrected chi connectivity index (χ4v) is 2.18. The van der Waals surface area contributed by atoms with Crippen LogP contribution in [0.2, 0.25) is 0 Å². The third kappa shape index (κ3) is 21.3. The molecular weight excluding hydrogens is 333 g/mol. The van der Waals surface area contributed by atoms with Gasteiger partial charge in [-0.15, -0.1) is 24.8 Å². The number of rotatable bonds is 12. The van der Waals surface area contributed by atoms with Crippen molar-refractivity contribution in [1.82, 2.24) is 5.32 Å². The number of aliphatic imine (C=N–C) groups is 2. The molecule has 0 radical (unpaired) electrons. The minimum Gasteiger partial charge on any atom is -0.370 e. The maximum absolute atomic E-state index is 5.70. The van der Waals surface area contributed by atoms with Crippen molar-refractivity contribution in [1.29, 1.82) is 0 Å². The van der Waals surface area contributed by atoms with E-state index in [9.17, 15) is 0 Å². The molecule has 0 aromatic rings. The van der Waals surface area contributed by atoms with E-state index < -0.39 is 0 Å². The number of hydrogen-bond donors (Lipinski definition) is 3. The monoisotopic (exact) mass is 369 g/mol. The van der Waals surface area contributed by atoms with Gasteiger partial charge in [0.15, 0.2) is 11.9 Å². The third-order valence-electron chi connectivity index (χ3n) is 3.38. The Bertz CT molecular complexity index is 296. The Labute approximate surface area is 155 Å². The number of nitrogens with zero attached hydrogens (tertiary/aromatic N) is 2. The zero-order valence-corrected chi connectivity index (χ0v) is 16.5. The first-order chi connectivity index (χ1) is 10.2. The van der Waals surface area contributed by atoms with Crippen LogP contribution in [0, 0.1) is 0 Å². The lowest BCUT2D eigenvalue weighted by Crippen LogP contribution is -2.41. The van der Waals surface area contributed by atoms with Crippen molar-refractivity contribution in [2.75, 3.05) is 13.1 Å². The highest BCUT2D eigenvalue weighted by Crippen LogP contribution is 2.10.